The van der Waals surface area contributed by atoms with Gasteiger partial charge < -0.3 is 15.7 Å². The largest absolute Gasteiger partial charge is 0.480 e. The van der Waals surface area contributed by atoms with Crippen LogP contribution in [0.3, 0.4) is 0 Å². The number of anilines is 1. The third-order valence-electron chi connectivity index (χ3n) is 4.35. The van der Waals surface area contributed by atoms with Crippen molar-refractivity contribution in [2.75, 3.05) is 11.9 Å². The number of aryl methyl sites for hydroxylation is 3. The molecule has 150 valence electrons. The number of rotatable bonds is 6. The van der Waals surface area contributed by atoms with Crippen molar-refractivity contribution in [2.45, 2.75) is 20.3 Å². The van der Waals surface area contributed by atoms with E-state index in [-0.39, 0.29) is 18.2 Å². The van der Waals surface area contributed by atoms with Gasteiger partial charge in [0.15, 0.2) is 5.65 Å². The molecule has 0 radical (unpaired) electrons. The van der Waals surface area contributed by atoms with Crippen LogP contribution in [0, 0.1) is 13.8 Å². The monoisotopic (exact) mass is 395 g/mol. The van der Waals surface area contributed by atoms with Gasteiger partial charge in [0.05, 0.1) is 23.1 Å². The molecule has 0 unspecified atom stereocenters. The van der Waals surface area contributed by atoms with E-state index in [1.54, 1.807) is 42.1 Å². The van der Waals surface area contributed by atoms with E-state index in [0.717, 1.165) is 5.69 Å². The summed E-state index contributed by atoms with van der Waals surface area (Å²) >= 11 is 0. The Hall–Kier alpha value is -3.75. The first kappa shape index (κ1) is 20.0. The highest BCUT2D eigenvalue weighted by atomic mass is 16.4. The summed E-state index contributed by atoms with van der Waals surface area (Å²) in [6.45, 7) is 3.24. The first-order chi connectivity index (χ1) is 13.7. The summed E-state index contributed by atoms with van der Waals surface area (Å²) in [5, 5.41) is 18.8. The van der Waals surface area contributed by atoms with Gasteiger partial charge in [-0.3, -0.25) is 19.1 Å². The third-order valence-corrected chi connectivity index (χ3v) is 4.35. The van der Waals surface area contributed by atoms with Crippen LogP contribution in [0.25, 0.3) is 11.0 Å². The zero-order valence-corrected chi connectivity index (χ0v) is 16.3. The maximum Gasteiger partial charge on any atom is 0.322 e. The number of hydrogen-bond donors (Lipinski definition) is 3. The Kier molecular flexibility index (Phi) is 5.58. The highest BCUT2D eigenvalue weighted by molar-refractivity contribution is 6.12. The molecule has 0 atom stereocenters. The molecule has 0 saturated heterocycles. The number of fused-ring (bicyclic) bond motifs is 1. The van der Waals surface area contributed by atoms with Crippen molar-refractivity contribution in [3.63, 3.8) is 0 Å². The van der Waals surface area contributed by atoms with E-state index in [0.29, 0.717) is 33.5 Å². The first-order valence-corrected chi connectivity index (χ1v) is 8.94. The van der Waals surface area contributed by atoms with Crippen LogP contribution < -0.4 is 10.6 Å². The predicted molar refractivity (Wildman–Crippen MR) is 107 cm³/mol. The van der Waals surface area contributed by atoms with Crippen LogP contribution in [-0.4, -0.2) is 44.2 Å². The maximum absolute atomic E-state index is 12.9. The fourth-order valence-electron chi connectivity index (χ4n) is 3.08. The fourth-order valence-corrected chi connectivity index (χ4v) is 3.08. The van der Waals surface area contributed by atoms with E-state index in [1.807, 2.05) is 13.8 Å². The third kappa shape index (κ3) is 4.57. The van der Waals surface area contributed by atoms with Gasteiger partial charge in [0.2, 0.25) is 5.91 Å². The summed E-state index contributed by atoms with van der Waals surface area (Å²) in [5.41, 5.74) is 3.87. The van der Waals surface area contributed by atoms with Gasteiger partial charge in [0.25, 0.3) is 5.91 Å². The Balaban J connectivity index is 1.74. The molecule has 1 aromatic carbocycles. The number of amides is 2. The number of hydrogen-bond acceptors (Lipinski definition) is 5. The van der Waals surface area contributed by atoms with Gasteiger partial charge in [-0.05, 0) is 37.6 Å². The molecule has 3 aromatic rings. The van der Waals surface area contributed by atoms with Gasteiger partial charge in [-0.1, -0.05) is 12.1 Å². The molecule has 0 saturated carbocycles. The number of aromatic nitrogens is 3. The second-order valence-corrected chi connectivity index (χ2v) is 6.72. The molecule has 9 heteroatoms. The second-order valence-electron chi connectivity index (χ2n) is 6.72. The average Bonchev–Trinajstić information content (AvgIpc) is 2.94. The van der Waals surface area contributed by atoms with Crippen molar-refractivity contribution in [1.29, 1.82) is 0 Å². The number of carboxylic acid groups (broad SMARTS) is 1. The number of aliphatic carboxylic acids is 1. The maximum atomic E-state index is 12.9. The minimum atomic E-state index is -1.10. The number of carbonyl (C=O) groups is 3. The Labute approximate surface area is 166 Å². The Morgan fingerprint density at radius 1 is 1.14 bits per heavy atom. The predicted octanol–water partition coefficient (Wildman–Crippen LogP) is 1.58. The fraction of sp³-hybridized carbons (Fsp3) is 0.250. The van der Waals surface area contributed by atoms with Gasteiger partial charge in [-0.25, -0.2) is 4.98 Å². The number of pyridine rings is 1. The van der Waals surface area contributed by atoms with Crippen molar-refractivity contribution < 1.29 is 19.5 Å². The molecular weight excluding hydrogens is 374 g/mol. The van der Waals surface area contributed by atoms with Gasteiger partial charge in [0, 0.05) is 18.4 Å². The minimum Gasteiger partial charge on any atom is -0.480 e. The molecule has 0 aliphatic heterocycles. The zero-order chi connectivity index (χ0) is 21.1. The molecule has 2 aromatic heterocycles. The van der Waals surface area contributed by atoms with Gasteiger partial charge in [-0.2, -0.15) is 5.10 Å². The van der Waals surface area contributed by atoms with Crippen LogP contribution in [0.2, 0.25) is 0 Å². The summed E-state index contributed by atoms with van der Waals surface area (Å²) < 4.78 is 1.65. The summed E-state index contributed by atoms with van der Waals surface area (Å²) in [6, 6.07) is 8.53. The first-order valence-electron chi connectivity index (χ1n) is 8.94. The van der Waals surface area contributed by atoms with Crippen LogP contribution in [0.15, 0.2) is 30.3 Å². The van der Waals surface area contributed by atoms with Crippen LogP contribution in [-0.2, 0) is 23.1 Å². The van der Waals surface area contributed by atoms with Gasteiger partial charge in [-0.15, -0.1) is 0 Å². The van der Waals surface area contributed by atoms with Crippen molar-refractivity contribution >= 4 is 34.5 Å². The van der Waals surface area contributed by atoms with Crippen molar-refractivity contribution in [1.82, 2.24) is 20.1 Å². The SMILES string of the molecule is Cc1cc(C(=O)Nc2ccc(CC(=O)NCC(=O)O)cc2)c2c(C)nn(C)c2n1. The Bertz CT molecular complexity index is 1100. The highest BCUT2D eigenvalue weighted by Gasteiger charge is 2.18. The summed E-state index contributed by atoms with van der Waals surface area (Å²) in [4.78, 5) is 39.5. The number of benzene rings is 1. The lowest BCUT2D eigenvalue weighted by Crippen LogP contribution is -2.30. The van der Waals surface area contributed by atoms with Crippen molar-refractivity contribution in [2.24, 2.45) is 7.05 Å². The summed E-state index contributed by atoms with van der Waals surface area (Å²) in [6.07, 6.45) is 0.0561. The van der Waals surface area contributed by atoms with Crippen LogP contribution >= 0.6 is 0 Å². The number of carboxylic acids is 1. The summed E-state index contributed by atoms with van der Waals surface area (Å²) in [7, 11) is 1.79. The molecule has 3 N–H and O–H groups in total. The van der Waals surface area contributed by atoms with Crippen LogP contribution in [0.1, 0.15) is 27.3 Å². The standard InChI is InChI=1S/C20H21N5O4/c1-11-8-15(18-12(2)24-25(3)19(18)22-11)20(29)23-14-6-4-13(5-7-14)9-16(26)21-10-17(27)28/h4-8H,9-10H2,1-3H3,(H,21,26)(H,23,29)(H,27,28). The molecule has 0 aliphatic carbocycles. The lowest BCUT2D eigenvalue weighted by Gasteiger charge is -2.09. The Morgan fingerprint density at radius 3 is 2.48 bits per heavy atom. The van der Waals surface area contributed by atoms with Crippen LogP contribution in [0.4, 0.5) is 5.69 Å². The van der Waals surface area contributed by atoms with Gasteiger partial charge >= 0.3 is 5.97 Å². The average molecular weight is 395 g/mol. The smallest absolute Gasteiger partial charge is 0.322 e. The van der Waals surface area contributed by atoms with E-state index in [4.69, 9.17) is 5.11 Å². The molecular formula is C20H21N5O4. The van der Waals surface area contributed by atoms with Gasteiger partial charge in [0.1, 0.15) is 6.54 Å². The van der Waals surface area contributed by atoms with E-state index in [9.17, 15) is 14.4 Å². The quantitative estimate of drug-likeness (QED) is 0.582. The van der Waals surface area contributed by atoms with E-state index in [1.165, 1.54) is 0 Å². The van der Waals surface area contributed by atoms with E-state index in [2.05, 4.69) is 20.7 Å². The second kappa shape index (κ2) is 8.09. The molecule has 0 bridgehead atoms. The molecule has 3 rings (SSSR count). The van der Waals surface area contributed by atoms with E-state index >= 15 is 0 Å². The minimum absolute atomic E-state index is 0.0561. The normalized spacial score (nSPS) is 10.7. The van der Waals surface area contributed by atoms with Crippen molar-refractivity contribution in [3.05, 3.63) is 52.8 Å². The topological polar surface area (TPSA) is 126 Å². The molecule has 29 heavy (non-hydrogen) atoms. The molecule has 0 spiro atoms. The molecule has 2 amide bonds. The molecule has 0 fully saturated rings. The Morgan fingerprint density at radius 2 is 1.83 bits per heavy atom. The van der Waals surface area contributed by atoms with Crippen LogP contribution in [0.5, 0.6) is 0 Å². The molecule has 0 aliphatic rings. The molecule has 2 heterocycles. The molecule has 9 nitrogen and oxygen atoms in total. The number of nitrogens with zero attached hydrogens (tertiary/aromatic N) is 3. The zero-order valence-electron chi connectivity index (χ0n) is 16.3. The summed E-state index contributed by atoms with van der Waals surface area (Å²) in [5.74, 6) is -1.75. The van der Waals surface area contributed by atoms with E-state index < -0.39 is 12.5 Å². The van der Waals surface area contributed by atoms with Crippen molar-refractivity contribution in [3.8, 4) is 0 Å². The number of nitrogens with one attached hydrogen (secondary N) is 2. The lowest BCUT2D eigenvalue weighted by molar-refractivity contribution is -0.137. The highest BCUT2D eigenvalue weighted by Crippen LogP contribution is 2.23. The lowest BCUT2D eigenvalue weighted by atomic mass is 10.1. The number of carbonyl (C=O) groups excluding carboxylic acids is 2.